The highest BCUT2D eigenvalue weighted by atomic mass is 16.5. The van der Waals surface area contributed by atoms with Gasteiger partial charge in [-0.05, 0) is 25.1 Å². The highest BCUT2D eigenvalue weighted by Gasteiger charge is 2.05. The van der Waals surface area contributed by atoms with Gasteiger partial charge < -0.3 is 15.2 Å². The van der Waals surface area contributed by atoms with Crippen molar-refractivity contribution in [1.29, 1.82) is 5.26 Å². The molecule has 2 N–H and O–H groups in total. The molecule has 1 aromatic carbocycles. The van der Waals surface area contributed by atoms with Gasteiger partial charge in [-0.1, -0.05) is 11.2 Å². The second kappa shape index (κ2) is 5.88. The van der Waals surface area contributed by atoms with E-state index in [1.165, 1.54) is 6.20 Å². The first kappa shape index (κ1) is 13.5. The predicted molar refractivity (Wildman–Crippen MR) is 78.8 cm³/mol. The van der Waals surface area contributed by atoms with Crippen molar-refractivity contribution in [2.75, 3.05) is 10.6 Å². The summed E-state index contributed by atoms with van der Waals surface area (Å²) in [5.74, 6) is 1.96. The largest absolute Gasteiger partial charge is 0.360 e. The molecule has 0 saturated carbocycles. The van der Waals surface area contributed by atoms with Crippen molar-refractivity contribution in [3.05, 3.63) is 47.9 Å². The number of aryl methyl sites for hydroxylation is 1. The minimum absolute atomic E-state index is 0.287. The van der Waals surface area contributed by atoms with E-state index in [4.69, 9.17) is 9.78 Å². The van der Waals surface area contributed by atoms with E-state index < -0.39 is 0 Å². The number of benzene rings is 1. The van der Waals surface area contributed by atoms with Crippen molar-refractivity contribution in [2.45, 2.75) is 6.92 Å². The average Bonchev–Trinajstić information content (AvgIpc) is 2.93. The average molecular weight is 293 g/mol. The zero-order valence-corrected chi connectivity index (χ0v) is 11.6. The van der Waals surface area contributed by atoms with Crippen molar-refractivity contribution in [1.82, 2.24) is 20.3 Å². The summed E-state index contributed by atoms with van der Waals surface area (Å²) in [6.45, 7) is 1.79. The number of anilines is 4. The normalized spacial score (nSPS) is 10.0. The Morgan fingerprint density at radius 3 is 2.86 bits per heavy atom. The fourth-order valence-corrected chi connectivity index (χ4v) is 1.77. The minimum Gasteiger partial charge on any atom is -0.360 e. The van der Waals surface area contributed by atoms with Gasteiger partial charge in [0.15, 0.2) is 11.6 Å². The zero-order valence-electron chi connectivity index (χ0n) is 11.6. The van der Waals surface area contributed by atoms with E-state index in [1.54, 1.807) is 31.2 Å². The highest BCUT2D eigenvalue weighted by molar-refractivity contribution is 5.59. The number of nitrogens with zero attached hydrogens (tertiary/aromatic N) is 5. The van der Waals surface area contributed by atoms with Gasteiger partial charge in [-0.2, -0.15) is 15.3 Å². The summed E-state index contributed by atoms with van der Waals surface area (Å²) in [6, 6.07) is 10.9. The number of hydrogen-bond acceptors (Lipinski definition) is 8. The lowest BCUT2D eigenvalue weighted by Gasteiger charge is -2.06. The van der Waals surface area contributed by atoms with Gasteiger partial charge >= 0.3 is 0 Å². The second-order valence-electron chi connectivity index (χ2n) is 4.43. The molecule has 0 aliphatic rings. The molecule has 0 amide bonds. The summed E-state index contributed by atoms with van der Waals surface area (Å²) in [5, 5.41) is 26.4. The van der Waals surface area contributed by atoms with Crippen molar-refractivity contribution >= 4 is 23.3 Å². The van der Waals surface area contributed by atoms with Crippen LogP contribution in [0.4, 0.5) is 23.3 Å². The number of rotatable bonds is 4. The molecule has 0 unspecified atom stereocenters. The van der Waals surface area contributed by atoms with Gasteiger partial charge in [0.2, 0.25) is 5.95 Å². The molecule has 0 spiro atoms. The molecule has 0 saturated heterocycles. The highest BCUT2D eigenvalue weighted by Crippen LogP contribution is 2.17. The lowest BCUT2D eigenvalue weighted by Crippen LogP contribution is -2.02. The van der Waals surface area contributed by atoms with Crippen molar-refractivity contribution in [2.24, 2.45) is 0 Å². The smallest absolute Gasteiger partial charge is 0.250 e. The topological polar surface area (TPSA) is 113 Å². The molecule has 108 valence electrons. The third-order valence-electron chi connectivity index (χ3n) is 2.69. The van der Waals surface area contributed by atoms with Crippen molar-refractivity contribution in [3.8, 4) is 6.07 Å². The Morgan fingerprint density at radius 2 is 2.09 bits per heavy atom. The molecule has 3 aromatic rings. The van der Waals surface area contributed by atoms with Crippen LogP contribution in [0.15, 0.2) is 41.1 Å². The van der Waals surface area contributed by atoms with Crippen LogP contribution in [-0.2, 0) is 0 Å². The molecule has 22 heavy (non-hydrogen) atoms. The third-order valence-corrected chi connectivity index (χ3v) is 2.69. The lowest BCUT2D eigenvalue weighted by atomic mass is 10.2. The first-order valence-electron chi connectivity index (χ1n) is 6.40. The van der Waals surface area contributed by atoms with Crippen LogP contribution in [0.1, 0.15) is 11.3 Å². The van der Waals surface area contributed by atoms with E-state index in [0.29, 0.717) is 23.0 Å². The number of hydrogen-bond donors (Lipinski definition) is 2. The Bertz CT molecular complexity index is 837. The first-order chi connectivity index (χ1) is 10.7. The number of nitriles is 1. The third kappa shape index (κ3) is 3.16. The summed E-state index contributed by atoms with van der Waals surface area (Å²) >= 11 is 0. The maximum absolute atomic E-state index is 8.90. The van der Waals surface area contributed by atoms with E-state index in [1.807, 2.05) is 6.07 Å². The monoisotopic (exact) mass is 293 g/mol. The Kier molecular flexibility index (Phi) is 3.61. The summed E-state index contributed by atoms with van der Waals surface area (Å²) in [6.07, 6.45) is 1.48. The Labute approximate surface area is 125 Å². The van der Waals surface area contributed by atoms with E-state index in [0.717, 1.165) is 5.69 Å². The Morgan fingerprint density at radius 1 is 1.18 bits per heavy atom. The first-order valence-corrected chi connectivity index (χ1v) is 6.40. The van der Waals surface area contributed by atoms with Gasteiger partial charge in [-0.25, -0.2) is 0 Å². The van der Waals surface area contributed by atoms with E-state index in [2.05, 4.69) is 37.0 Å². The quantitative estimate of drug-likeness (QED) is 0.754. The molecular weight excluding hydrogens is 282 g/mol. The van der Waals surface area contributed by atoms with Crippen LogP contribution in [0.2, 0.25) is 0 Å². The van der Waals surface area contributed by atoms with Gasteiger partial charge in [0.1, 0.15) is 5.76 Å². The molecule has 0 aliphatic heterocycles. The van der Waals surface area contributed by atoms with Crippen LogP contribution in [0.25, 0.3) is 0 Å². The summed E-state index contributed by atoms with van der Waals surface area (Å²) < 4.78 is 4.95. The van der Waals surface area contributed by atoms with Crippen LogP contribution in [0.3, 0.4) is 0 Å². The maximum atomic E-state index is 8.90. The lowest BCUT2D eigenvalue weighted by molar-refractivity contribution is 0.400. The molecule has 2 heterocycles. The van der Waals surface area contributed by atoms with Crippen LogP contribution in [-0.4, -0.2) is 20.3 Å². The molecule has 0 radical (unpaired) electrons. The van der Waals surface area contributed by atoms with Gasteiger partial charge in [0.05, 0.1) is 17.8 Å². The fraction of sp³-hybridized carbons (Fsp3) is 0.0714. The molecule has 8 heteroatoms. The molecule has 0 aliphatic carbocycles. The zero-order chi connectivity index (χ0) is 15.4. The SMILES string of the molecule is Cc1cc(Nc2nncc(Nc3cccc(C#N)c3)n2)no1. The van der Waals surface area contributed by atoms with Gasteiger partial charge in [0.25, 0.3) is 0 Å². The maximum Gasteiger partial charge on any atom is 0.250 e. The van der Waals surface area contributed by atoms with Gasteiger partial charge in [-0.3, -0.25) is 0 Å². The number of aromatic nitrogens is 4. The van der Waals surface area contributed by atoms with E-state index in [9.17, 15) is 0 Å². The van der Waals surface area contributed by atoms with Gasteiger partial charge in [0, 0.05) is 11.8 Å². The minimum atomic E-state index is 0.287. The second-order valence-corrected chi connectivity index (χ2v) is 4.43. The molecule has 0 fully saturated rings. The summed E-state index contributed by atoms with van der Waals surface area (Å²) in [4.78, 5) is 4.27. The van der Waals surface area contributed by atoms with Crippen LogP contribution >= 0.6 is 0 Å². The predicted octanol–water partition coefficient (Wildman–Crippen LogP) is 2.53. The van der Waals surface area contributed by atoms with Crippen LogP contribution in [0.5, 0.6) is 0 Å². The van der Waals surface area contributed by atoms with Crippen molar-refractivity contribution in [3.63, 3.8) is 0 Å². The molecule has 0 atom stereocenters. The Hall–Kier alpha value is -3.47. The molecular formula is C14H11N7O. The standard InChI is InChI=1S/C14H11N7O/c1-9-5-12(21-22-9)18-14-19-13(8-16-20-14)17-11-4-2-3-10(6-11)7-15/h2-6,8H,1H3,(H2,17,18,19,20,21). The molecule has 0 bridgehead atoms. The summed E-state index contributed by atoms with van der Waals surface area (Å²) in [5.41, 5.74) is 1.30. The molecule has 8 nitrogen and oxygen atoms in total. The summed E-state index contributed by atoms with van der Waals surface area (Å²) in [7, 11) is 0. The number of nitrogens with one attached hydrogen (secondary N) is 2. The molecule has 3 rings (SSSR count). The molecule has 2 aromatic heterocycles. The Balaban J connectivity index is 1.77. The van der Waals surface area contributed by atoms with Crippen molar-refractivity contribution < 1.29 is 4.52 Å². The fourth-order valence-electron chi connectivity index (χ4n) is 1.77. The van der Waals surface area contributed by atoms with Crippen LogP contribution in [0, 0.1) is 18.3 Å². The van der Waals surface area contributed by atoms with E-state index >= 15 is 0 Å². The van der Waals surface area contributed by atoms with Crippen LogP contribution < -0.4 is 10.6 Å². The van der Waals surface area contributed by atoms with Gasteiger partial charge in [-0.15, -0.1) is 5.10 Å². The van der Waals surface area contributed by atoms with E-state index in [-0.39, 0.29) is 5.95 Å².